The second-order valence-corrected chi connectivity index (χ2v) is 8.55. The number of benzene rings is 1. The Morgan fingerprint density at radius 3 is 2.90 bits per heavy atom. The highest BCUT2D eigenvalue weighted by atomic mass is 32.2. The van der Waals surface area contributed by atoms with E-state index >= 15 is 0 Å². The lowest BCUT2D eigenvalue weighted by Crippen LogP contribution is -2.02. The fraction of sp³-hybridized carbons (Fsp3) is 0.381. The van der Waals surface area contributed by atoms with Crippen molar-refractivity contribution in [2.45, 2.75) is 43.1 Å². The lowest BCUT2D eigenvalue weighted by Gasteiger charge is -2.09. The highest BCUT2D eigenvalue weighted by Crippen LogP contribution is 2.40. The summed E-state index contributed by atoms with van der Waals surface area (Å²) in [6.07, 6.45) is 4.32. The molecule has 0 amide bonds. The molecular formula is C21H24N4O2S2. The number of methoxy groups -OCH3 is 1. The van der Waals surface area contributed by atoms with Crippen molar-refractivity contribution in [3.8, 4) is 22.1 Å². The van der Waals surface area contributed by atoms with Crippen molar-refractivity contribution in [1.82, 2.24) is 19.7 Å². The number of nitrogens with zero attached hydrogens (tertiary/aromatic N) is 4. The van der Waals surface area contributed by atoms with E-state index < -0.39 is 0 Å². The monoisotopic (exact) mass is 428 g/mol. The summed E-state index contributed by atoms with van der Waals surface area (Å²) in [7, 11) is 1.65. The van der Waals surface area contributed by atoms with E-state index in [0.29, 0.717) is 12.5 Å². The molecule has 0 atom stereocenters. The summed E-state index contributed by atoms with van der Waals surface area (Å²) in [5, 5.41) is 12.8. The van der Waals surface area contributed by atoms with Crippen LogP contribution < -0.4 is 9.47 Å². The number of thiazole rings is 1. The van der Waals surface area contributed by atoms with Gasteiger partial charge in [-0.25, -0.2) is 4.98 Å². The van der Waals surface area contributed by atoms with Gasteiger partial charge in [0.15, 0.2) is 16.7 Å². The van der Waals surface area contributed by atoms with E-state index in [4.69, 9.17) is 14.5 Å². The van der Waals surface area contributed by atoms with Crippen LogP contribution in [0.5, 0.6) is 11.5 Å². The van der Waals surface area contributed by atoms with Crippen LogP contribution in [0.15, 0.2) is 41.4 Å². The van der Waals surface area contributed by atoms with Crippen LogP contribution in [0.1, 0.15) is 37.2 Å². The van der Waals surface area contributed by atoms with E-state index in [2.05, 4.69) is 26.7 Å². The molecule has 1 aromatic carbocycles. The largest absolute Gasteiger partial charge is 0.493 e. The van der Waals surface area contributed by atoms with Crippen LogP contribution in [-0.4, -0.2) is 33.5 Å². The molecule has 8 heteroatoms. The summed E-state index contributed by atoms with van der Waals surface area (Å²) < 4.78 is 13.2. The van der Waals surface area contributed by atoms with Gasteiger partial charge in [-0.15, -0.1) is 28.1 Å². The Bertz CT molecular complexity index is 994. The molecule has 1 fully saturated rings. The van der Waals surface area contributed by atoms with Gasteiger partial charge in [0.25, 0.3) is 0 Å². The molecule has 1 aliphatic rings. The molecule has 0 saturated heterocycles. The third kappa shape index (κ3) is 4.48. The van der Waals surface area contributed by atoms with Crippen LogP contribution in [0.4, 0.5) is 0 Å². The van der Waals surface area contributed by atoms with Gasteiger partial charge in [-0.3, -0.25) is 0 Å². The van der Waals surface area contributed by atoms with E-state index in [0.717, 1.165) is 51.0 Å². The van der Waals surface area contributed by atoms with Gasteiger partial charge in [-0.2, -0.15) is 0 Å². The molecule has 0 bridgehead atoms. The topological polar surface area (TPSA) is 62.1 Å². The number of aromatic nitrogens is 4. The predicted molar refractivity (Wildman–Crippen MR) is 117 cm³/mol. The van der Waals surface area contributed by atoms with E-state index in [1.54, 1.807) is 30.2 Å². The highest BCUT2D eigenvalue weighted by Gasteiger charge is 2.30. The molecule has 0 unspecified atom stereocenters. The summed E-state index contributed by atoms with van der Waals surface area (Å²) in [5.74, 6) is 3.88. The van der Waals surface area contributed by atoms with Crippen molar-refractivity contribution in [3.05, 3.63) is 47.8 Å². The van der Waals surface area contributed by atoms with Crippen molar-refractivity contribution in [3.63, 3.8) is 0 Å². The second kappa shape index (κ2) is 9.00. The zero-order valence-electron chi connectivity index (χ0n) is 16.6. The Kier molecular flexibility index (Phi) is 6.20. The van der Waals surface area contributed by atoms with Gasteiger partial charge in [0.2, 0.25) is 0 Å². The Morgan fingerprint density at radius 2 is 2.17 bits per heavy atom. The van der Waals surface area contributed by atoms with E-state index in [-0.39, 0.29) is 0 Å². The first-order valence-electron chi connectivity index (χ1n) is 9.65. The van der Waals surface area contributed by atoms with E-state index in [1.807, 2.05) is 31.2 Å². The molecule has 3 aromatic rings. The zero-order chi connectivity index (χ0) is 20.2. The third-order valence-corrected chi connectivity index (χ3v) is 6.55. The van der Waals surface area contributed by atoms with Crippen molar-refractivity contribution in [1.29, 1.82) is 0 Å². The molecule has 2 aromatic heterocycles. The summed E-state index contributed by atoms with van der Waals surface area (Å²) >= 11 is 3.30. The fourth-order valence-electron chi connectivity index (χ4n) is 3.07. The molecule has 0 N–H and O–H groups in total. The van der Waals surface area contributed by atoms with Crippen LogP contribution in [0.3, 0.4) is 0 Å². The quantitative estimate of drug-likeness (QED) is 0.328. The number of allylic oxidation sites excluding steroid dienone is 1. The number of hydrogen-bond donors (Lipinski definition) is 0. The molecule has 0 spiro atoms. The van der Waals surface area contributed by atoms with Gasteiger partial charge in [-0.05, 0) is 38.0 Å². The maximum atomic E-state index is 5.60. The Balaban J connectivity index is 1.47. The Labute approximate surface area is 179 Å². The lowest BCUT2D eigenvalue weighted by molar-refractivity contribution is 0.311. The number of hydrogen-bond acceptors (Lipinski definition) is 7. The van der Waals surface area contributed by atoms with Gasteiger partial charge < -0.3 is 14.0 Å². The highest BCUT2D eigenvalue weighted by molar-refractivity contribution is 7.98. The van der Waals surface area contributed by atoms with Crippen molar-refractivity contribution in [2.75, 3.05) is 13.7 Å². The molecule has 0 radical (unpaired) electrons. The average Bonchev–Trinajstić information content (AvgIpc) is 3.33. The zero-order valence-corrected chi connectivity index (χ0v) is 18.3. The van der Waals surface area contributed by atoms with Gasteiger partial charge in [0.1, 0.15) is 10.8 Å². The van der Waals surface area contributed by atoms with Crippen LogP contribution in [0, 0.1) is 0 Å². The molecule has 4 rings (SSSR count). The van der Waals surface area contributed by atoms with E-state index in [1.165, 1.54) is 12.8 Å². The molecular weight excluding hydrogens is 404 g/mol. The van der Waals surface area contributed by atoms with Crippen LogP contribution in [0.2, 0.25) is 0 Å². The number of ether oxygens (including phenoxy) is 2. The van der Waals surface area contributed by atoms with Gasteiger partial charge in [0.05, 0.1) is 19.4 Å². The van der Waals surface area contributed by atoms with Gasteiger partial charge >= 0.3 is 0 Å². The second-order valence-electron chi connectivity index (χ2n) is 6.75. The van der Waals surface area contributed by atoms with Crippen molar-refractivity contribution in [2.24, 2.45) is 0 Å². The minimum Gasteiger partial charge on any atom is -0.493 e. The molecule has 152 valence electrons. The summed E-state index contributed by atoms with van der Waals surface area (Å²) in [6, 6.07) is 5.93. The minimum atomic E-state index is 0.567. The summed E-state index contributed by atoms with van der Waals surface area (Å²) in [5.41, 5.74) is 2.06. The van der Waals surface area contributed by atoms with Crippen LogP contribution in [-0.2, 0) is 12.3 Å². The molecule has 1 aliphatic carbocycles. The normalized spacial score (nSPS) is 13.4. The third-order valence-electron chi connectivity index (χ3n) is 4.61. The first kappa shape index (κ1) is 20.0. The standard InChI is InChI=1S/C21H24N4O2S2/c1-4-10-25-19(14-6-7-14)23-24-21(25)29-13-16-12-28-20(22-16)15-8-9-17(27-5-2)18(11-15)26-3/h4,8-9,11-12,14H,1,5-7,10,13H2,2-3H3. The summed E-state index contributed by atoms with van der Waals surface area (Å²) in [4.78, 5) is 4.80. The number of thioether (sulfide) groups is 1. The molecule has 0 aliphatic heterocycles. The maximum absolute atomic E-state index is 5.60. The van der Waals surface area contributed by atoms with Gasteiger partial charge in [-0.1, -0.05) is 17.8 Å². The number of rotatable bonds is 10. The fourth-order valence-corrected chi connectivity index (χ4v) is 4.84. The van der Waals surface area contributed by atoms with Crippen LogP contribution in [0.25, 0.3) is 10.6 Å². The molecule has 2 heterocycles. The molecule has 29 heavy (non-hydrogen) atoms. The molecule has 1 saturated carbocycles. The molecule has 6 nitrogen and oxygen atoms in total. The Hall–Kier alpha value is -2.32. The lowest BCUT2D eigenvalue weighted by atomic mass is 10.2. The maximum Gasteiger partial charge on any atom is 0.191 e. The smallest absolute Gasteiger partial charge is 0.191 e. The van der Waals surface area contributed by atoms with Crippen LogP contribution >= 0.6 is 23.1 Å². The first-order chi connectivity index (χ1) is 14.2. The van der Waals surface area contributed by atoms with E-state index in [9.17, 15) is 0 Å². The first-order valence-corrected chi connectivity index (χ1v) is 11.5. The predicted octanol–water partition coefficient (Wildman–Crippen LogP) is 5.16. The average molecular weight is 429 g/mol. The van der Waals surface area contributed by atoms with Crippen molar-refractivity contribution >= 4 is 23.1 Å². The summed E-state index contributed by atoms with van der Waals surface area (Å²) in [6.45, 7) is 7.18. The minimum absolute atomic E-state index is 0.567. The van der Waals surface area contributed by atoms with Crippen molar-refractivity contribution < 1.29 is 9.47 Å². The van der Waals surface area contributed by atoms with Gasteiger partial charge in [0, 0.05) is 29.2 Å². The SMILES string of the molecule is C=CCn1c(SCc2csc(-c3ccc(OCC)c(OC)c3)n2)nnc1C1CC1. The Morgan fingerprint density at radius 1 is 1.31 bits per heavy atom.